The molecule has 0 amide bonds. The predicted octanol–water partition coefficient (Wildman–Crippen LogP) is 3.26. The summed E-state index contributed by atoms with van der Waals surface area (Å²) >= 11 is 6.06. The second kappa shape index (κ2) is 5.82. The van der Waals surface area contributed by atoms with Crippen LogP contribution in [-0.4, -0.2) is 31.6 Å². The van der Waals surface area contributed by atoms with Crippen LogP contribution >= 0.6 is 11.6 Å². The van der Waals surface area contributed by atoms with Crippen LogP contribution < -0.4 is 5.32 Å². The molecule has 2 nitrogen and oxygen atoms in total. The number of likely N-dealkylation sites (tertiary alicyclic amines) is 1. The van der Waals surface area contributed by atoms with Gasteiger partial charge in [0, 0.05) is 17.6 Å². The van der Waals surface area contributed by atoms with E-state index in [1.54, 1.807) is 0 Å². The molecule has 2 aliphatic rings. The third-order valence-corrected chi connectivity index (χ3v) is 4.79. The molecule has 19 heavy (non-hydrogen) atoms. The molecule has 3 rings (SSSR count). The molecule has 1 aromatic rings. The molecule has 104 valence electrons. The number of fused-ring (bicyclic) bond motifs is 1. The molecule has 0 bridgehead atoms. The highest BCUT2D eigenvalue weighted by atomic mass is 35.5. The third-order valence-electron chi connectivity index (χ3n) is 4.56. The van der Waals surface area contributed by atoms with Gasteiger partial charge in [-0.2, -0.15) is 0 Å². The molecule has 1 aromatic carbocycles. The zero-order valence-electron chi connectivity index (χ0n) is 11.7. The Bertz CT molecular complexity index is 446. The molecule has 0 aromatic heterocycles. The van der Waals surface area contributed by atoms with Gasteiger partial charge in [0.05, 0.1) is 0 Å². The first-order chi connectivity index (χ1) is 9.22. The van der Waals surface area contributed by atoms with E-state index in [4.69, 9.17) is 11.6 Å². The van der Waals surface area contributed by atoms with Gasteiger partial charge in [-0.3, -0.25) is 0 Å². The molecule has 1 aliphatic carbocycles. The maximum absolute atomic E-state index is 6.06. The molecule has 1 aliphatic heterocycles. The number of aryl methyl sites for hydroxylation is 1. The second-order valence-corrected chi connectivity index (χ2v) is 6.55. The number of halogens is 1. The highest BCUT2D eigenvalue weighted by Gasteiger charge is 2.24. The van der Waals surface area contributed by atoms with Crippen molar-refractivity contribution in [1.82, 2.24) is 10.2 Å². The Labute approximate surface area is 121 Å². The lowest BCUT2D eigenvalue weighted by molar-refractivity contribution is 0.202. The molecule has 0 radical (unpaired) electrons. The Morgan fingerprint density at radius 1 is 1.37 bits per heavy atom. The van der Waals surface area contributed by atoms with Gasteiger partial charge in [0.2, 0.25) is 0 Å². The summed E-state index contributed by atoms with van der Waals surface area (Å²) in [6, 6.07) is 6.90. The van der Waals surface area contributed by atoms with Crippen molar-refractivity contribution in [3.8, 4) is 0 Å². The van der Waals surface area contributed by atoms with E-state index in [-0.39, 0.29) is 0 Å². The number of rotatable bonds is 3. The van der Waals surface area contributed by atoms with Crippen LogP contribution in [0.4, 0.5) is 0 Å². The van der Waals surface area contributed by atoms with Crippen molar-refractivity contribution in [3.63, 3.8) is 0 Å². The van der Waals surface area contributed by atoms with Crippen molar-refractivity contribution < 1.29 is 0 Å². The van der Waals surface area contributed by atoms with E-state index in [0.29, 0.717) is 6.04 Å². The summed E-state index contributed by atoms with van der Waals surface area (Å²) in [7, 11) is 2.24. The first kappa shape index (κ1) is 13.4. The Balaban J connectivity index is 1.57. The fourth-order valence-electron chi connectivity index (χ4n) is 3.55. The predicted molar refractivity (Wildman–Crippen MR) is 80.7 cm³/mol. The van der Waals surface area contributed by atoms with Gasteiger partial charge in [-0.25, -0.2) is 0 Å². The molecule has 1 saturated heterocycles. The Hall–Kier alpha value is -0.570. The first-order valence-electron chi connectivity index (χ1n) is 7.42. The second-order valence-electron chi connectivity index (χ2n) is 6.11. The Morgan fingerprint density at radius 3 is 3.11 bits per heavy atom. The number of nitrogens with one attached hydrogen (secondary N) is 1. The van der Waals surface area contributed by atoms with Gasteiger partial charge >= 0.3 is 0 Å². The van der Waals surface area contributed by atoms with Crippen LogP contribution in [0.3, 0.4) is 0 Å². The SMILES string of the molecule is CN1CCCC(CNC2CCc3cc(Cl)ccc32)C1. The van der Waals surface area contributed by atoms with Crippen molar-refractivity contribution >= 4 is 11.6 Å². The summed E-state index contributed by atoms with van der Waals surface area (Å²) in [6.07, 6.45) is 5.10. The van der Waals surface area contributed by atoms with E-state index in [1.807, 2.05) is 6.07 Å². The van der Waals surface area contributed by atoms with Crippen LogP contribution in [0.15, 0.2) is 18.2 Å². The molecular weight excluding hydrogens is 256 g/mol. The number of piperidine rings is 1. The molecule has 2 atom stereocenters. The summed E-state index contributed by atoms with van der Waals surface area (Å²) in [4.78, 5) is 2.46. The molecule has 1 heterocycles. The fraction of sp³-hybridized carbons (Fsp3) is 0.625. The zero-order valence-corrected chi connectivity index (χ0v) is 12.4. The average molecular weight is 279 g/mol. The highest BCUT2D eigenvalue weighted by molar-refractivity contribution is 6.30. The maximum atomic E-state index is 6.06. The van der Waals surface area contributed by atoms with E-state index in [2.05, 4.69) is 29.4 Å². The van der Waals surface area contributed by atoms with Crippen molar-refractivity contribution in [3.05, 3.63) is 34.3 Å². The summed E-state index contributed by atoms with van der Waals surface area (Å²) in [5.41, 5.74) is 2.90. The van der Waals surface area contributed by atoms with E-state index >= 15 is 0 Å². The lowest BCUT2D eigenvalue weighted by Gasteiger charge is -2.30. The monoisotopic (exact) mass is 278 g/mol. The fourth-order valence-corrected chi connectivity index (χ4v) is 3.74. The van der Waals surface area contributed by atoms with Gasteiger partial charge in [-0.1, -0.05) is 17.7 Å². The van der Waals surface area contributed by atoms with Crippen LogP contribution in [0.5, 0.6) is 0 Å². The topological polar surface area (TPSA) is 15.3 Å². The first-order valence-corrected chi connectivity index (χ1v) is 7.80. The largest absolute Gasteiger partial charge is 0.310 e. The number of nitrogens with zero attached hydrogens (tertiary/aromatic N) is 1. The molecule has 1 fully saturated rings. The molecule has 2 unspecified atom stereocenters. The van der Waals surface area contributed by atoms with E-state index in [1.165, 1.54) is 43.5 Å². The van der Waals surface area contributed by atoms with Crippen LogP contribution in [0.25, 0.3) is 0 Å². The average Bonchev–Trinajstić information content (AvgIpc) is 2.78. The lowest BCUT2D eigenvalue weighted by Crippen LogP contribution is -2.38. The van der Waals surface area contributed by atoms with E-state index in [0.717, 1.165) is 23.9 Å². The van der Waals surface area contributed by atoms with E-state index in [9.17, 15) is 0 Å². The quantitative estimate of drug-likeness (QED) is 0.913. The van der Waals surface area contributed by atoms with Crippen LogP contribution in [0.1, 0.15) is 36.4 Å². The van der Waals surface area contributed by atoms with Gasteiger partial charge in [-0.05, 0) is 75.0 Å². The molecule has 3 heteroatoms. The van der Waals surface area contributed by atoms with Crippen LogP contribution in [0, 0.1) is 5.92 Å². The van der Waals surface area contributed by atoms with Crippen LogP contribution in [-0.2, 0) is 6.42 Å². The van der Waals surface area contributed by atoms with Crippen LogP contribution in [0.2, 0.25) is 5.02 Å². The van der Waals surface area contributed by atoms with Gasteiger partial charge < -0.3 is 10.2 Å². The minimum absolute atomic E-state index is 0.541. The minimum atomic E-state index is 0.541. The number of hydrogen-bond donors (Lipinski definition) is 1. The maximum Gasteiger partial charge on any atom is 0.0408 e. The number of benzene rings is 1. The third kappa shape index (κ3) is 3.13. The standard InChI is InChI=1S/C16H23ClN2/c1-19-8-2-3-12(11-19)10-18-16-7-4-13-9-14(17)5-6-15(13)16/h5-6,9,12,16,18H,2-4,7-8,10-11H2,1H3. The van der Waals surface area contributed by atoms with Crippen molar-refractivity contribution in [1.29, 1.82) is 0 Å². The Morgan fingerprint density at radius 2 is 2.26 bits per heavy atom. The lowest BCUT2D eigenvalue weighted by atomic mass is 9.98. The van der Waals surface area contributed by atoms with Crippen molar-refractivity contribution in [2.45, 2.75) is 31.7 Å². The minimum Gasteiger partial charge on any atom is -0.310 e. The van der Waals surface area contributed by atoms with Crippen molar-refractivity contribution in [2.24, 2.45) is 5.92 Å². The molecule has 0 spiro atoms. The highest BCUT2D eigenvalue weighted by Crippen LogP contribution is 2.33. The smallest absolute Gasteiger partial charge is 0.0408 e. The van der Waals surface area contributed by atoms with Crippen molar-refractivity contribution in [2.75, 3.05) is 26.7 Å². The van der Waals surface area contributed by atoms with Gasteiger partial charge in [0.1, 0.15) is 0 Å². The van der Waals surface area contributed by atoms with Gasteiger partial charge in [0.25, 0.3) is 0 Å². The Kier molecular flexibility index (Phi) is 4.11. The van der Waals surface area contributed by atoms with Gasteiger partial charge in [-0.15, -0.1) is 0 Å². The molecule has 0 saturated carbocycles. The van der Waals surface area contributed by atoms with Gasteiger partial charge in [0.15, 0.2) is 0 Å². The normalized spacial score (nSPS) is 27.5. The summed E-state index contributed by atoms with van der Waals surface area (Å²) in [5, 5.41) is 4.65. The summed E-state index contributed by atoms with van der Waals surface area (Å²) < 4.78 is 0. The van der Waals surface area contributed by atoms with E-state index < -0.39 is 0 Å². The summed E-state index contributed by atoms with van der Waals surface area (Å²) in [5.74, 6) is 0.815. The number of hydrogen-bond acceptors (Lipinski definition) is 2. The zero-order chi connectivity index (χ0) is 13.2. The summed E-state index contributed by atoms with van der Waals surface area (Å²) in [6.45, 7) is 3.66. The molecule has 1 N–H and O–H groups in total. The molecular formula is C16H23ClN2.